The Morgan fingerprint density at radius 3 is 2.62 bits per heavy atom. The molecule has 0 radical (unpaired) electrons. The molecular weight excluding hydrogens is 302 g/mol. The molecule has 4 aromatic rings. The van der Waals surface area contributed by atoms with Crippen molar-refractivity contribution >= 4 is 5.65 Å². The Kier molecular flexibility index (Phi) is 3.63. The molecule has 0 aliphatic rings. The van der Waals surface area contributed by atoms with Crippen molar-refractivity contribution in [2.24, 2.45) is 0 Å². The summed E-state index contributed by atoms with van der Waals surface area (Å²) in [5.41, 5.74) is 3.41. The molecule has 0 saturated heterocycles. The van der Waals surface area contributed by atoms with Gasteiger partial charge in [-0.05, 0) is 25.1 Å². The maximum Gasteiger partial charge on any atom is 0.235 e. The lowest BCUT2D eigenvalue weighted by Gasteiger charge is -2.08. The fourth-order valence-electron chi connectivity index (χ4n) is 2.44. The number of benzene rings is 1. The first-order valence-electron chi connectivity index (χ1n) is 7.62. The van der Waals surface area contributed by atoms with Crippen molar-refractivity contribution in [3.8, 4) is 17.3 Å². The number of aromatic nitrogens is 5. The summed E-state index contributed by atoms with van der Waals surface area (Å²) >= 11 is 0. The van der Waals surface area contributed by atoms with Crippen molar-refractivity contribution in [2.45, 2.75) is 13.5 Å². The highest BCUT2D eigenvalue weighted by molar-refractivity contribution is 5.59. The lowest BCUT2D eigenvalue weighted by atomic mass is 10.2. The number of hydrogen-bond acceptors (Lipinski definition) is 5. The molecule has 118 valence electrons. The minimum atomic E-state index is 0.364. The normalized spacial score (nSPS) is 10.9. The zero-order valence-corrected chi connectivity index (χ0v) is 13.1. The molecule has 0 spiro atoms. The maximum atomic E-state index is 5.84. The van der Waals surface area contributed by atoms with E-state index in [-0.39, 0.29) is 0 Å². The van der Waals surface area contributed by atoms with Crippen molar-refractivity contribution in [1.29, 1.82) is 0 Å². The summed E-state index contributed by atoms with van der Waals surface area (Å²) in [7, 11) is 0. The molecule has 1 aromatic carbocycles. The molecule has 0 amide bonds. The highest BCUT2D eigenvalue weighted by Crippen LogP contribution is 2.21. The fraction of sp³-hybridized carbons (Fsp3) is 0.111. The van der Waals surface area contributed by atoms with Gasteiger partial charge in [-0.15, -0.1) is 15.3 Å². The SMILES string of the molecule is Cc1cc2nnc(-c3ccccc3)n2nc1OCc1ccccn1. The van der Waals surface area contributed by atoms with Crippen LogP contribution < -0.4 is 4.74 Å². The number of ether oxygens (including phenoxy) is 1. The Morgan fingerprint density at radius 1 is 1.00 bits per heavy atom. The molecule has 0 saturated carbocycles. The third kappa shape index (κ3) is 2.69. The lowest BCUT2D eigenvalue weighted by Crippen LogP contribution is -2.04. The molecule has 0 unspecified atom stereocenters. The third-order valence-corrected chi connectivity index (χ3v) is 3.65. The van der Waals surface area contributed by atoms with Crippen LogP contribution in [0.2, 0.25) is 0 Å². The number of pyridine rings is 1. The average molecular weight is 317 g/mol. The van der Waals surface area contributed by atoms with Gasteiger partial charge in [0.2, 0.25) is 5.88 Å². The van der Waals surface area contributed by atoms with E-state index in [0.29, 0.717) is 24.0 Å². The molecule has 0 aliphatic heterocycles. The summed E-state index contributed by atoms with van der Waals surface area (Å²) < 4.78 is 7.55. The van der Waals surface area contributed by atoms with Gasteiger partial charge in [-0.25, -0.2) is 0 Å². The van der Waals surface area contributed by atoms with Crippen molar-refractivity contribution in [1.82, 2.24) is 24.8 Å². The number of hydrogen-bond donors (Lipinski definition) is 0. The smallest absolute Gasteiger partial charge is 0.235 e. The molecule has 6 heteroatoms. The van der Waals surface area contributed by atoms with Crippen LogP contribution in [-0.4, -0.2) is 24.8 Å². The van der Waals surface area contributed by atoms with E-state index in [0.717, 1.165) is 16.8 Å². The first-order chi connectivity index (χ1) is 11.8. The Labute approximate surface area is 138 Å². The highest BCUT2D eigenvalue weighted by Gasteiger charge is 2.12. The van der Waals surface area contributed by atoms with Crippen LogP contribution in [0.5, 0.6) is 5.88 Å². The zero-order chi connectivity index (χ0) is 16.4. The molecule has 0 fully saturated rings. The predicted molar refractivity (Wildman–Crippen MR) is 89.5 cm³/mol. The molecular formula is C18H15N5O. The summed E-state index contributed by atoms with van der Waals surface area (Å²) in [6, 6.07) is 17.5. The van der Waals surface area contributed by atoms with E-state index in [9.17, 15) is 0 Å². The van der Waals surface area contributed by atoms with Gasteiger partial charge in [0.25, 0.3) is 0 Å². The van der Waals surface area contributed by atoms with Crippen molar-refractivity contribution < 1.29 is 4.74 Å². The van der Waals surface area contributed by atoms with E-state index in [1.54, 1.807) is 10.7 Å². The average Bonchev–Trinajstić information content (AvgIpc) is 3.04. The molecule has 0 atom stereocenters. The van der Waals surface area contributed by atoms with E-state index < -0.39 is 0 Å². The van der Waals surface area contributed by atoms with Crippen LogP contribution in [0.15, 0.2) is 60.8 Å². The number of aryl methyl sites for hydroxylation is 1. The number of nitrogens with zero attached hydrogens (tertiary/aromatic N) is 5. The van der Waals surface area contributed by atoms with E-state index >= 15 is 0 Å². The van der Waals surface area contributed by atoms with Crippen LogP contribution in [0.4, 0.5) is 0 Å². The summed E-state index contributed by atoms with van der Waals surface area (Å²) in [5.74, 6) is 1.23. The van der Waals surface area contributed by atoms with E-state index in [2.05, 4.69) is 20.3 Å². The largest absolute Gasteiger partial charge is 0.470 e. The second-order valence-electron chi connectivity index (χ2n) is 5.40. The lowest BCUT2D eigenvalue weighted by molar-refractivity contribution is 0.282. The summed E-state index contributed by atoms with van der Waals surface area (Å²) in [4.78, 5) is 4.26. The third-order valence-electron chi connectivity index (χ3n) is 3.65. The van der Waals surface area contributed by atoms with Crippen LogP contribution in [0.25, 0.3) is 17.0 Å². The monoisotopic (exact) mass is 317 g/mol. The minimum Gasteiger partial charge on any atom is -0.470 e. The topological polar surface area (TPSA) is 65.2 Å². The van der Waals surface area contributed by atoms with E-state index in [1.807, 2.05) is 61.5 Å². The minimum absolute atomic E-state index is 0.364. The van der Waals surface area contributed by atoms with E-state index in [4.69, 9.17) is 4.74 Å². The maximum absolute atomic E-state index is 5.84. The van der Waals surface area contributed by atoms with Gasteiger partial charge in [0, 0.05) is 17.3 Å². The van der Waals surface area contributed by atoms with E-state index in [1.165, 1.54) is 0 Å². The Hall–Kier alpha value is -3.28. The van der Waals surface area contributed by atoms with Gasteiger partial charge in [0.1, 0.15) is 6.61 Å². The number of rotatable bonds is 4. The van der Waals surface area contributed by atoms with Gasteiger partial charge in [-0.2, -0.15) is 4.52 Å². The quantitative estimate of drug-likeness (QED) is 0.579. The summed E-state index contributed by atoms with van der Waals surface area (Å²) in [5, 5.41) is 13.0. The Morgan fingerprint density at radius 2 is 1.83 bits per heavy atom. The van der Waals surface area contributed by atoms with Crippen molar-refractivity contribution in [3.05, 3.63) is 72.1 Å². The first kappa shape index (κ1) is 14.3. The van der Waals surface area contributed by atoms with Crippen molar-refractivity contribution in [2.75, 3.05) is 0 Å². The second kappa shape index (κ2) is 6.08. The molecule has 0 N–H and O–H groups in total. The fourth-order valence-corrected chi connectivity index (χ4v) is 2.44. The molecule has 3 heterocycles. The van der Waals surface area contributed by atoms with Crippen LogP contribution in [0.3, 0.4) is 0 Å². The Balaban J connectivity index is 1.70. The molecule has 6 nitrogen and oxygen atoms in total. The van der Waals surface area contributed by atoms with Gasteiger partial charge in [-0.3, -0.25) is 4.98 Å². The van der Waals surface area contributed by atoms with Gasteiger partial charge in [0.05, 0.1) is 5.69 Å². The second-order valence-corrected chi connectivity index (χ2v) is 5.40. The number of fused-ring (bicyclic) bond motifs is 1. The van der Waals surface area contributed by atoms with Gasteiger partial charge >= 0.3 is 0 Å². The zero-order valence-electron chi connectivity index (χ0n) is 13.1. The molecule has 24 heavy (non-hydrogen) atoms. The van der Waals surface area contributed by atoms with Gasteiger partial charge in [-0.1, -0.05) is 36.4 Å². The molecule has 3 aromatic heterocycles. The summed E-state index contributed by atoms with van der Waals surface area (Å²) in [6.07, 6.45) is 1.75. The van der Waals surface area contributed by atoms with Crippen LogP contribution in [0, 0.1) is 6.92 Å². The van der Waals surface area contributed by atoms with Gasteiger partial charge < -0.3 is 4.74 Å². The Bertz CT molecular complexity index is 967. The first-order valence-corrected chi connectivity index (χ1v) is 7.62. The van der Waals surface area contributed by atoms with Crippen LogP contribution in [-0.2, 0) is 6.61 Å². The summed E-state index contributed by atoms with van der Waals surface area (Å²) in [6.45, 7) is 2.31. The van der Waals surface area contributed by atoms with Crippen molar-refractivity contribution in [3.63, 3.8) is 0 Å². The highest BCUT2D eigenvalue weighted by atomic mass is 16.5. The standard InChI is InChI=1S/C18H15N5O/c1-13-11-16-20-21-17(14-7-3-2-4-8-14)23(16)22-18(13)24-12-15-9-5-6-10-19-15/h2-11H,12H2,1H3. The van der Waals surface area contributed by atoms with Crippen LogP contribution >= 0.6 is 0 Å². The molecule has 4 rings (SSSR count). The van der Waals surface area contributed by atoms with Crippen LogP contribution in [0.1, 0.15) is 11.3 Å². The molecule has 0 bridgehead atoms. The van der Waals surface area contributed by atoms with Gasteiger partial charge in [0.15, 0.2) is 11.5 Å². The molecule has 0 aliphatic carbocycles. The predicted octanol–water partition coefficient (Wildman–Crippen LogP) is 3.07.